The zero-order chi connectivity index (χ0) is 22.0. The lowest BCUT2D eigenvalue weighted by Crippen LogP contribution is -2.30. The van der Waals surface area contributed by atoms with Crippen LogP contribution in [-0.2, 0) is 34.3 Å². The van der Waals surface area contributed by atoms with E-state index in [0.29, 0.717) is 11.1 Å². The Balaban J connectivity index is 2.04. The minimum atomic E-state index is -0.953. The molecule has 4 rings (SSSR count). The van der Waals surface area contributed by atoms with Gasteiger partial charge in [-0.3, -0.25) is 9.59 Å². The summed E-state index contributed by atoms with van der Waals surface area (Å²) in [5.74, 6) is -1.90. The Labute approximate surface area is 182 Å². The minimum absolute atomic E-state index is 0.181. The van der Waals surface area contributed by atoms with Gasteiger partial charge in [-0.15, -0.1) is 0 Å². The van der Waals surface area contributed by atoms with Crippen molar-refractivity contribution in [1.29, 1.82) is 0 Å². The standard InChI is InChI=1S/C27H26O4/c1-2-14-27(17-18-8-4-3-5-9-18)23-11-7-6-10-20(23)21-13-12-19(15-24(28)29)22(26(21)27)16-25(30)31/h3-13H,2,14-17H2,1H3,(H,28,29)(H,30,31). The molecule has 0 fully saturated rings. The summed E-state index contributed by atoms with van der Waals surface area (Å²) in [5, 5.41) is 19.2. The largest absolute Gasteiger partial charge is 0.481 e. The van der Waals surface area contributed by atoms with E-state index in [1.54, 1.807) is 6.07 Å². The quantitative estimate of drug-likeness (QED) is 0.528. The van der Waals surface area contributed by atoms with Crippen molar-refractivity contribution in [3.8, 4) is 11.1 Å². The molecule has 0 bridgehead atoms. The number of aliphatic carboxylic acids is 2. The van der Waals surface area contributed by atoms with Crippen molar-refractivity contribution >= 4 is 11.9 Å². The molecule has 1 atom stereocenters. The van der Waals surface area contributed by atoms with Gasteiger partial charge in [0.25, 0.3) is 0 Å². The van der Waals surface area contributed by atoms with Crippen molar-refractivity contribution in [3.05, 3.63) is 94.5 Å². The van der Waals surface area contributed by atoms with Gasteiger partial charge in [0.15, 0.2) is 0 Å². The number of hydrogen-bond acceptors (Lipinski definition) is 2. The van der Waals surface area contributed by atoms with E-state index in [4.69, 9.17) is 0 Å². The summed E-state index contributed by atoms with van der Waals surface area (Å²) in [6.07, 6.45) is 2.17. The van der Waals surface area contributed by atoms with E-state index < -0.39 is 11.9 Å². The Hall–Kier alpha value is -3.40. The van der Waals surface area contributed by atoms with Crippen LogP contribution in [0.2, 0.25) is 0 Å². The molecule has 0 aromatic heterocycles. The lowest BCUT2D eigenvalue weighted by Gasteiger charge is -2.34. The van der Waals surface area contributed by atoms with Crippen molar-refractivity contribution in [1.82, 2.24) is 0 Å². The number of fused-ring (bicyclic) bond motifs is 3. The van der Waals surface area contributed by atoms with E-state index in [2.05, 4.69) is 31.2 Å². The van der Waals surface area contributed by atoms with E-state index in [1.165, 1.54) is 11.1 Å². The maximum Gasteiger partial charge on any atom is 0.307 e. The molecule has 0 heterocycles. The van der Waals surface area contributed by atoms with Gasteiger partial charge in [0.05, 0.1) is 12.8 Å². The molecule has 0 saturated carbocycles. The smallest absolute Gasteiger partial charge is 0.307 e. The highest BCUT2D eigenvalue weighted by atomic mass is 16.4. The number of benzene rings is 3. The van der Waals surface area contributed by atoms with Gasteiger partial charge in [-0.25, -0.2) is 0 Å². The number of carbonyl (C=O) groups is 2. The van der Waals surface area contributed by atoms with Crippen LogP contribution in [0, 0.1) is 0 Å². The summed E-state index contributed by atoms with van der Waals surface area (Å²) in [6.45, 7) is 2.14. The minimum Gasteiger partial charge on any atom is -0.481 e. The first-order valence-corrected chi connectivity index (χ1v) is 10.7. The predicted molar refractivity (Wildman–Crippen MR) is 120 cm³/mol. The Bertz CT molecular complexity index is 1130. The van der Waals surface area contributed by atoms with Crippen molar-refractivity contribution in [2.45, 2.75) is 44.4 Å². The topological polar surface area (TPSA) is 74.6 Å². The van der Waals surface area contributed by atoms with Gasteiger partial charge in [-0.2, -0.15) is 0 Å². The first-order valence-electron chi connectivity index (χ1n) is 10.7. The van der Waals surface area contributed by atoms with Gasteiger partial charge in [-0.05, 0) is 51.8 Å². The van der Waals surface area contributed by atoms with Crippen LogP contribution in [0.1, 0.15) is 47.6 Å². The Morgan fingerprint density at radius 2 is 1.48 bits per heavy atom. The SMILES string of the molecule is CCCC1(Cc2ccccc2)c2ccccc2-c2ccc(CC(=O)O)c(CC(=O)O)c21. The van der Waals surface area contributed by atoms with Crippen LogP contribution in [0.3, 0.4) is 0 Å². The Morgan fingerprint density at radius 3 is 2.16 bits per heavy atom. The Kier molecular flexibility index (Phi) is 5.64. The second kappa shape index (κ2) is 8.38. The molecule has 0 radical (unpaired) electrons. The van der Waals surface area contributed by atoms with Crippen molar-refractivity contribution in [2.75, 3.05) is 0 Å². The molecule has 4 nitrogen and oxygen atoms in total. The fourth-order valence-electron chi connectivity index (χ4n) is 5.32. The zero-order valence-corrected chi connectivity index (χ0v) is 17.6. The number of carboxylic acid groups (broad SMARTS) is 2. The third-order valence-corrected chi connectivity index (χ3v) is 6.32. The van der Waals surface area contributed by atoms with E-state index >= 15 is 0 Å². The van der Waals surface area contributed by atoms with Crippen LogP contribution in [0.4, 0.5) is 0 Å². The van der Waals surface area contributed by atoms with Crippen molar-refractivity contribution in [2.24, 2.45) is 0 Å². The zero-order valence-electron chi connectivity index (χ0n) is 17.6. The highest BCUT2D eigenvalue weighted by molar-refractivity contribution is 5.86. The normalized spacial score (nSPS) is 16.5. The summed E-state index contributed by atoms with van der Waals surface area (Å²) in [7, 11) is 0. The first kappa shape index (κ1) is 20.9. The van der Waals surface area contributed by atoms with Crippen molar-refractivity contribution < 1.29 is 19.8 Å². The molecule has 1 aliphatic carbocycles. The van der Waals surface area contributed by atoms with E-state index in [1.807, 2.05) is 36.4 Å². The summed E-state index contributed by atoms with van der Waals surface area (Å²) in [6, 6.07) is 22.3. The molecule has 0 spiro atoms. The highest BCUT2D eigenvalue weighted by Crippen LogP contribution is 2.54. The molecule has 1 aliphatic rings. The molecule has 0 aliphatic heterocycles. The van der Waals surface area contributed by atoms with Crippen LogP contribution in [0.15, 0.2) is 66.7 Å². The molecule has 31 heavy (non-hydrogen) atoms. The highest BCUT2D eigenvalue weighted by Gasteiger charge is 2.44. The van der Waals surface area contributed by atoms with Gasteiger partial charge < -0.3 is 10.2 Å². The van der Waals surface area contributed by atoms with E-state index in [0.717, 1.165) is 36.0 Å². The second-order valence-electron chi connectivity index (χ2n) is 8.31. The maximum absolute atomic E-state index is 11.9. The predicted octanol–water partition coefficient (Wildman–Crippen LogP) is 5.25. The molecule has 2 N–H and O–H groups in total. The molecule has 3 aromatic carbocycles. The van der Waals surface area contributed by atoms with Crippen LogP contribution in [-0.4, -0.2) is 22.2 Å². The fraction of sp³-hybridized carbons (Fsp3) is 0.259. The average Bonchev–Trinajstić information content (AvgIpc) is 3.00. The molecular formula is C27H26O4. The van der Waals surface area contributed by atoms with E-state index in [9.17, 15) is 19.8 Å². The molecule has 0 amide bonds. The molecule has 0 saturated heterocycles. The maximum atomic E-state index is 11.9. The second-order valence-corrected chi connectivity index (χ2v) is 8.31. The van der Waals surface area contributed by atoms with E-state index in [-0.39, 0.29) is 18.3 Å². The summed E-state index contributed by atoms with van der Waals surface area (Å²) < 4.78 is 0. The number of carboxylic acids is 2. The van der Waals surface area contributed by atoms with Gasteiger partial charge in [0, 0.05) is 5.41 Å². The third kappa shape index (κ3) is 3.74. The monoisotopic (exact) mass is 414 g/mol. The van der Waals surface area contributed by atoms with Gasteiger partial charge in [0.1, 0.15) is 0 Å². The summed E-state index contributed by atoms with van der Waals surface area (Å²) >= 11 is 0. The number of hydrogen-bond donors (Lipinski definition) is 2. The van der Waals surface area contributed by atoms with Crippen LogP contribution in [0.25, 0.3) is 11.1 Å². The summed E-state index contributed by atoms with van der Waals surface area (Å²) in [4.78, 5) is 23.4. The lowest BCUT2D eigenvalue weighted by atomic mass is 9.68. The molecule has 1 unspecified atom stereocenters. The van der Waals surface area contributed by atoms with Crippen LogP contribution < -0.4 is 0 Å². The Morgan fingerprint density at radius 1 is 0.806 bits per heavy atom. The fourth-order valence-corrected chi connectivity index (χ4v) is 5.32. The first-order chi connectivity index (χ1) is 15.0. The van der Waals surface area contributed by atoms with Gasteiger partial charge in [-0.1, -0.05) is 80.1 Å². The van der Waals surface area contributed by atoms with Gasteiger partial charge in [0.2, 0.25) is 0 Å². The number of rotatable bonds is 8. The van der Waals surface area contributed by atoms with Crippen LogP contribution in [0.5, 0.6) is 0 Å². The molecule has 158 valence electrons. The third-order valence-electron chi connectivity index (χ3n) is 6.32. The molecular weight excluding hydrogens is 388 g/mol. The van der Waals surface area contributed by atoms with Gasteiger partial charge >= 0.3 is 11.9 Å². The lowest BCUT2D eigenvalue weighted by molar-refractivity contribution is -0.137. The molecule has 3 aromatic rings. The van der Waals surface area contributed by atoms with Crippen molar-refractivity contribution in [3.63, 3.8) is 0 Å². The summed E-state index contributed by atoms with van der Waals surface area (Å²) in [5.41, 5.74) is 6.41. The average molecular weight is 415 g/mol. The molecule has 4 heteroatoms. The van der Waals surface area contributed by atoms with Crippen LogP contribution >= 0.6 is 0 Å².